The van der Waals surface area contributed by atoms with Gasteiger partial charge in [0, 0.05) is 39.4 Å². The van der Waals surface area contributed by atoms with E-state index in [1.165, 1.54) is 55.4 Å². The van der Waals surface area contributed by atoms with Crippen LogP contribution in [0.5, 0.6) is 0 Å². The summed E-state index contributed by atoms with van der Waals surface area (Å²) in [5.41, 5.74) is 14.0. The number of hydrogen-bond donors (Lipinski definition) is 0. The maximum absolute atomic E-state index is 5.12. The number of anilines is 2. The third-order valence-corrected chi connectivity index (χ3v) is 11.6. The quantitative estimate of drug-likeness (QED) is 0.178. The van der Waals surface area contributed by atoms with Crippen LogP contribution < -0.4 is 4.90 Å². The fourth-order valence-corrected chi connectivity index (χ4v) is 9.10. The van der Waals surface area contributed by atoms with E-state index < -0.39 is 0 Å². The van der Waals surface area contributed by atoms with Crippen LogP contribution in [0.2, 0.25) is 0 Å². The summed E-state index contributed by atoms with van der Waals surface area (Å²) in [5, 5.41) is 4.81. The van der Waals surface area contributed by atoms with Gasteiger partial charge in [0.1, 0.15) is 0 Å². The van der Waals surface area contributed by atoms with Crippen molar-refractivity contribution < 1.29 is 0 Å². The van der Waals surface area contributed by atoms with Gasteiger partial charge in [-0.25, -0.2) is 15.0 Å². The van der Waals surface area contributed by atoms with Crippen molar-refractivity contribution in [1.82, 2.24) is 15.0 Å². The van der Waals surface area contributed by atoms with Crippen molar-refractivity contribution >= 4 is 39.0 Å². The Morgan fingerprint density at radius 3 is 1.75 bits per heavy atom. The first kappa shape index (κ1) is 32.3. The minimum absolute atomic E-state index is 0.252. The van der Waals surface area contributed by atoms with E-state index in [-0.39, 0.29) is 5.41 Å². The summed E-state index contributed by atoms with van der Waals surface area (Å²) in [6.45, 7) is 4.79. The summed E-state index contributed by atoms with van der Waals surface area (Å²) in [4.78, 5) is 17.6. The van der Waals surface area contributed by atoms with E-state index in [0.29, 0.717) is 17.5 Å². The standard InChI is InChI=1S/C52H36N4/c1-52(2)44-29-15-27-41(46(44)43-32-36-21-12-20-33-30-31-56(37-22-10-5-11-23-37)48(45(33)36)47(43)52)39-25-13-26-40-38(39)24-14-28-42(40)51-54-49(34-16-6-3-7-17-34)53-50(55-51)35-18-8-4-9-19-35/h3-32H,1-2H3. The van der Waals surface area contributed by atoms with Gasteiger partial charge in [0.25, 0.3) is 0 Å². The minimum atomic E-state index is -0.252. The summed E-state index contributed by atoms with van der Waals surface area (Å²) in [5.74, 6) is 1.96. The molecule has 264 valence electrons. The molecule has 8 aromatic carbocycles. The van der Waals surface area contributed by atoms with E-state index in [9.17, 15) is 0 Å². The average molecular weight is 717 g/mol. The second kappa shape index (κ2) is 12.4. The third kappa shape index (κ3) is 4.89. The fraction of sp³-hybridized carbons (Fsp3) is 0.0577. The van der Waals surface area contributed by atoms with Crippen molar-refractivity contribution in [2.75, 3.05) is 4.90 Å². The van der Waals surface area contributed by atoms with Crippen molar-refractivity contribution in [2.45, 2.75) is 19.3 Å². The average Bonchev–Trinajstić information content (AvgIpc) is 3.49. The SMILES string of the molecule is CC1(C)c2cccc(-c3cccc4c(-c5nc(-c6ccccc6)nc(-c6ccccc6)n5)cccc34)c2-c2cc3cccc4c3c(c21)N(c1ccccc1)C=C4. The predicted molar refractivity (Wildman–Crippen MR) is 232 cm³/mol. The van der Waals surface area contributed by atoms with Crippen LogP contribution in [0.3, 0.4) is 0 Å². The van der Waals surface area contributed by atoms with E-state index in [4.69, 9.17) is 15.0 Å². The van der Waals surface area contributed by atoms with Gasteiger partial charge >= 0.3 is 0 Å². The Bertz CT molecular complexity index is 2980. The first-order chi connectivity index (χ1) is 27.5. The minimum Gasteiger partial charge on any atom is -0.316 e. The molecule has 4 heteroatoms. The van der Waals surface area contributed by atoms with E-state index >= 15 is 0 Å². The lowest BCUT2D eigenvalue weighted by Gasteiger charge is -2.33. The Morgan fingerprint density at radius 1 is 0.482 bits per heavy atom. The van der Waals surface area contributed by atoms with Gasteiger partial charge in [-0.15, -0.1) is 0 Å². The zero-order valence-electron chi connectivity index (χ0n) is 31.1. The van der Waals surface area contributed by atoms with Crippen molar-refractivity contribution in [3.05, 3.63) is 193 Å². The molecule has 1 aliphatic carbocycles. The molecule has 56 heavy (non-hydrogen) atoms. The summed E-state index contributed by atoms with van der Waals surface area (Å²) in [6.07, 6.45) is 4.49. The summed E-state index contributed by atoms with van der Waals surface area (Å²) < 4.78 is 0. The number of para-hydroxylation sites is 1. The second-order valence-corrected chi connectivity index (χ2v) is 15.2. The number of hydrogen-bond acceptors (Lipinski definition) is 4. The highest BCUT2D eigenvalue weighted by Gasteiger charge is 2.41. The molecule has 2 heterocycles. The van der Waals surface area contributed by atoms with Gasteiger partial charge in [-0.3, -0.25) is 0 Å². The molecule has 0 N–H and O–H groups in total. The van der Waals surface area contributed by atoms with E-state index in [1.54, 1.807) is 0 Å². The number of fused-ring (bicyclic) bond motifs is 5. The lowest BCUT2D eigenvalue weighted by Crippen LogP contribution is -2.21. The smallest absolute Gasteiger partial charge is 0.164 e. The van der Waals surface area contributed by atoms with E-state index in [2.05, 4.69) is 164 Å². The molecule has 0 amide bonds. The summed E-state index contributed by atoms with van der Waals surface area (Å²) >= 11 is 0. The van der Waals surface area contributed by atoms with Gasteiger partial charge in [0.05, 0.1) is 5.69 Å². The molecule has 0 bridgehead atoms. The van der Waals surface area contributed by atoms with Crippen LogP contribution in [0.1, 0.15) is 30.5 Å². The maximum atomic E-state index is 5.12. The van der Waals surface area contributed by atoms with Crippen LogP contribution in [0.25, 0.3) is 84.0 Å². The number of benzene rings is 8. The lowest BCUT2D eigenvalue weighted by atomic mass is 9.79. The highest BCUT2D eigenvalue weighted by Crippen LogP contribution is 2.59. The van der Waals surface area contributed by atoms with Crippen molar-refractivity contribution in [1.29, 1.82) is 0 Å². The normalized spacial score (nSPS) is 13.6. The van der Waals surface area contributed by atoms with Gasteiger partial charge < -0.3 is 4.90 Å². The third-order valence-electron chi connectivity index (χ3n) is 11.6. The Balaban J connectivity index is 1.14. The Kier molecular flexibility index (Phi) is 7.17. The number of rotatable bonds is 5. The fourth-order valence-electron chi connectivity index (χ4n) is 9.10. The molecule has 0 atom stereocenters. The molecular formula is C52H36N4. The molecule has 11 rings (SSSR count). The molecule has 2 aliphatic rings. The van der Waals surface area contributed by atoms with Gasteiger partial charge in [0.2, 0.25) is 0 Å². The molecule has 0 unspecified atom stereocenters. The molecule has 0 saturated carbocycles. The van der Waals surface area contributed by atoms with Crippen LogP contribution in [-0.4, -0.2) is 15.0 Å². The zero-order chi connectivity index (χ0) is 37.4. The van der Waals surface area contributed by atoms with Gasteiger partial charge in [-0.1, -0.05) is 166 Å². The van der Waals surface area contributed by atoms with Gasteiger partial charge in [0.15, 0.2) is 17.5 Å². The molecule has 1 aromatic heterocycles. The molecule has 0 fully saturated rings. The molecule has 4 nitrogen and oxygen atoms in total. The maximum Gasteiger partial charge on any atom is 0.164 e. The Hall–Kier alpha value is -7.17. The highest BCUT2D eigenvalue weighted by atomic mass is 15.1. The largest absolute Gasteiger partial charge is 0.316 e. The van der Waals surface area contributed by atoms with Gasteiger partial charge in [-0.05, 0) is 79.4 Å². The van der Waals surface area contributed by atoms with Crippen LogP contribution in [0.4, 0.5) is 11.4 Å². The summed E-state index contributed by atoms with van der Waals surface area (Å²) in [7, 11) is 0. The van der Waals surface area contributed by atoms with Crippen LogP contribution in [0, 0.1) is 0 Å². The molecular weight excluding hydrogens is 681 g/mol. The first-order valence-corrected chi connectivity index (χ1v) is 19.2. The monoisotopic (exact) mass is 716 g/mol. The first-order valence-electron chi connectivity index (χ1n) is 19.2. The molecule has 1 aliphatic heterocycles. The predicted octanol–water partition coefficient (Wildman–Crippen LogP) is 13.3. The Morgan fingerprint density at radius 2 is 1.05 bits per heavy atom. The molecule has 0 saturated heterocycles. The number of nitrogens with zero attached hydrogens (tertiary/aromatic N) is 4. The summed E-state index contributed by atoms with van der Waals surface area (Å²) in [6, 6.07) is 60.3. The highest BCUT2D eigenvalue weighted by molar-refractivity contribution is 6.13. The second-order valence-electron chi connectivity index (χ2n) is 15.2. The van der Waals surface area contributed by atoms with Crippen LogP contribution in [-0.2, 0) is 5.41 Å². The van der Waals surface area contributed by atoms with E-state index in [0.717, 1.165) is 33.2 Å². The molecule has 0 radical (unpaired) electrons. The molecule has 9 aromatic rings. The lowest BCUT2D eigenvalue weighted by molar-refractivity contribution is 0.661. The van der Waals surface area contributed by atoms with Crippen molar-refractivity contribution in [3.8, 4) is 56.4 Å². The van der Waals surface area contributed by atoms with Crippen LogP contribution in [0.15, 0.2) is 176 Å². The Labute approximate surface area is 326 Å². The van der Waals surface area contributed by atoms with Crippen molar-refractivity contribution in [2.24, 2.45) is 0 Å². The van der Waals surface area contributed by atoms with E-state index in [1.807, 2.05) is 36.4 Å². The molecule has 0 spiro atoms. The van der Waals surface area contributed by atoms with Crippen LogP contribution >= 0.6 is 0 Å². The topological polar surface area (TPSA) is 41.9 Å². The van der Waals surface area contributed by atoms with Crippen molar-refractivity contribution in [3.63, 3.8) is 0 Å². The number of aromatic nitrogens is 3. The van der Waals surface area contributed by atoms with Gasteiger partial charge in [-0.2, -0.15) is 0 Å². The zero-order valence-corrected chi connectivity index (χ0v) is 31.1.